The highest BCUT2D eigenvalue weighted by atomic mass is 16.2. The van der Waals surface area contributed by atoms with Crippen LogP contribution in [0.15, 0.2) is 47.5 Å². The highest BCUT2D eigenvalue weighted by molar-refractivity contribution is 6.09. The maximum Gasteiger partial charge on any atom is 0.255 e. The summed E-state index contributed by atoms with van der Waals surface area (Å²) in [5, 5.41) is 4.47. The number of piperidine rings is 1. The Morgan fingerprint density at radius 2 is 1.89 bits per heavy atom. The topological polar surface area (TPSA) is 93.9 Å². The Kier molecular flexibility index (Phi) is 7.21. The predicted molar refractivity (Wildman–Crippen MR) is 152 cm³/mol. The van der Waals surface area contributed by atoms with Crippen LogP contribution < -0.4 is 10.9 Å². The summed E-state index contributed by atoms with van der Waals surface area (Å²) in [5.74, 6) is -0.0927. The van der Waals surface area contributed by atoms with Crippen molar-refractivity contribution in [3.05, 3.63) is 86.7 Å². The van der Waals surface area contributed by atoms with Crippen molar-refractivity contribution < 1.29 is 4.79 Å². The van der Waals surface area contributed by atoms with Gasteiger partial charge in [-0.3, -0.25) is 14.6 Å². The highest BCUT2D eigenvalue weighted by Gasteiger charge is 2.25. The number of aryl methyl sites for hydroxylation is 3. The summed E-state index contributed by atoms with van der Waals surface area (Å²) in [6.07, 6.45) is 7.39. The molecule has 3 aromatic heterocycles. The van der Waals surface area contributed by atoms with Crippen molar-refractivity contribution >= 4 is 16.8 Å². The van der Waals surface area contributed by atoms with Crippen molar-refractivity contribution in [2.45, 2.75) is 72.5 Å². The van der Waals surface area contributed by atoms with Crippen molar-refractivity contribution in [3.8, 4) is 11.1 Å². The molecule has 1 unspecified atom stereocenters. The number of hydrogen-bond donors (Lipinski definition) is 3. The van der Waals surface area contributed by atoms with Crippen LogP contribution in [0.2, 0.25) is 0 Å². The van der Waals surface area contributed by atoms with E-state index in [1.807, 2.05) is 59.1 Å². The molecule has 7 nitrogen and oxygen atoms in total. The Labute approximate surface area is 223 Å². The van der Waals surface area contributed by atoms with Crippen LogP contribution >= 0.6 is 0 Å². The third-order valence-electron chi connectivity index (χ3n) is 7.70. The monoisotopic (exact) mass is 511 g/mol. The zero-order chi connectivity index (χ0) is 27.0. The van der Waals surface area contributed by atoms with Crippen molar-refractivity contribution in [2.24, 2.45) is 0 Å². The number of hydrogen-bond acceptors (Lipinski definition) is 4. The van der Waals surface area contributed by atoms with E-state index in [1.165, 1.54) is 12.8 Å². The van der Waals surface area contributed by atoms with E-state index in [0.717, 1.165) is 57.5 Å². The molecule has 1 aliphatic heterocycles. The molecule has 38 heavy (non-hydrogen) atoms. The molecule has 3 N–H and O–H groups in total. The van der Waals surface area contributed by atoms with Crippen molar-refractivity contribution in [2.75, 3.05) is 6.54 Å². The van der Waals surface area contributed by atoms with E-state index < -0.39 is 0 Å². The molecule has 0 spiro atoms. The standard InChI is InChI=1S/C31H37N5O2/c1-18(2)36(17-25-19(3)12-21(5)35-30(25)37)31(38)24-13-23(14-28-29(24)20(4)15-33-28)22-9-10-27(34-16-22)26-8-6-7-11-32-26/h9-10,12-16,18,26,32-33H,6-8,11,17H2,1-5H3,(H,35,37). The molecule has 4 aromatic rings. The minimum atomic E-state index is -0.142. The van der Waals surface area contributed by atoms with E-state index in [9.17, 15) is 9.59 Å². The van der Waals surface area contributed by atoms with Crippen LogP contribution in [-0.2, 0) is 6.54 Å². The molecule has 0 saturated carbocycles. The smallest absolute Gasteiger partial charge is 0.255 e. The molecule has 7 heteroatoms. The number of nitrogens with one attached hydrogen (secondary N) is 3. The van der Waals surface area contributed by atoms with Gasteiger partial charge in [0, 0.05) is 57.8 Å². The number of carbonyl (C=O) groups is 1. The van der Waals surface area contributed by atoms with E-state index in [2.05, 4.69) is 33.5 Å². The molecule has 0 radical (unpaired) electrons. The molecule has 1 amide bonds. The van der Waals surface area contributed by atoms with Gasteiger partial charge in [0.25, 0.3) is 11.5 Å². The van der Waals surface area contributed by atoms with Crippen LogP contribution in [0, 0.1) is 20.8 Å². The van der Waals surface area contributed by atoms with Crippen molar-refractivity contribution in [1.29, 1.82) is 0 Å². The first-order chi connectivity index (χ1) is 18.2. The molecule has 1 fully saturated rings. The van der Waals surface area contributed by atoms with Crippen LogP contribution in [0.1, 0.15) is 77.6 Å². The first-order valence-corrected chi connectivity index (χ1v) is 13.5. The number of pyridine rings is 2. The molecule has 0 aliphatic carbocycles. The number of amides is 1. The van der Waals surface area contributed by atoms with Gasteiger partial charge in [-0.15, -0.1) is 0 Å². The lowest BCUT2D eigenvalue weighted by Crippen LogP contribution is -2.38. The molecule has 198 valence electrons. The van der Waals surface area contributed by atoms with Crippen LogP contribution in [0.4, 0.5) is 0 Å². The molecule has 1 aliphatic rings. The van der Waals surface area contributed by atoms with Gasteiger partial charge >= 0.3 is 0 Å². The Hall–Kier alpha value is -3.71. The second-order valence-electron chi connectivity index (χ2n) is 10.9. The molecule has 1 saturated heterocycles. The summed E-state index contributed by atoms with van der Waals surface area (Å²) in [6.45, 7) is 11.1. The van der Waals surface area contributed by atoms with Crippen LogP contribution in [0.5, 0.6) is 0 Å². The maximum atomic E-state index is 14.2. The van der Waals surface area contributed by atoms with E-state index in [4.69, 9.17) is 4.98 Å². The number of fused-ring (bicyclic) bond motifs is 1. The molecule has 4 heterocycles. The maximum absolute atomic E-state index is 14.2. The number of rotatable bonds is 6. The SMILES string of the molecule is Cc1cc(C)c(CN(C(=O)c2cc(-c3ccc(C4CCCCN4)nc3)cc3[nH]cc(C)c23)C(C)C)c(=O)[nH]1. The number of H-pyrrole nitrogens is 2. The highest BCUT2D eigenvalue weighted by Crippen LogP contribution is 2.32. The average Bonchev–Trinajstić information content (AvgIpc) is 3.28. The van der Waals surface area contributed by atoms with Crippen LogP contribution in [-0.4, -0.2) is 38.3 Å². The summed E-state index contributed by atoms with van der Waals surface area (Å²) in [6, 6.07) is 10.4. The fraction of sp³-hybridized carbons (Fsp3) is 0.387. The van der Waals surface area contributed by atoms with E-state index in [-0.39, 0.29) is 24.1 Å². The molecular formula is C31H37N5O2. The van der Waals surface area contributed by atoms with Gasteiger partial charge in [0.05, 0.1) is 12.2 Å². The van der Waals surface area contributed by atoms with Crippen LogP contribution in [0.3, 0.4) is 0 Å². The summed E-state index contributed by atoms with van der Waals surface area (Å²) < 4.78 is 0. The fourth-order valence-electron chi connectivity index (χ4n) is 5.55. The van der Waals surface area contributed by atoms with Crippen LogP contribution in [0.25, 0.3) is 22.0 Å². The number of benzene rings is 1. The molecule has 0 bridgehead atoms. The first-order valence-electron chi connectivity index (χ1n) is 13.5. The number of nitrogens with zero attached hydrogens (tertiary/aromatic N) is 2. The Balaban J connectivity index is 1.53. The second kappa shape index (κ2) is 10.6. The van der Waals surface area contributed by atoms with Crippen molar-refractivity contribution in [1.82, 2.24) is 25.2 Å². The summed E-state index contributed by atoms with van der Waals surface area (Å²) >= 11 is 0. The Bertz CT molecular complexity index is 1520. The predicted octanol–water partition coefficient (Wildman–Crippen LogP) is 5.71. The molecule has 5 rings (SSSR count). The normalized spacial score (nSPS) is 15.8. The molecule has 1 aromatic carbocycles. The van der Waals surface area contributed by atoms with E-state index in [0.29, 0.717) is 17.2 Å². The van der Waals surface area contributed by atoms with E-state index >= 15 is 0 Å². The van der Waals surface area contributed by atoms with Gasteiger partial charge in [-0.1, -0.05) is 12.5 Å². The Morgan fingerprint density at radius 1 is 1.08 bits per heavy atom. The van der Waals surface area contributed by atoms with Crippen molar-refractivity contribution in [3.63, 3.8) is 0 Å². The van der Waals surface area contributed by atoms with Gasteiger partial charge in [0.2, 0.25) is 0 Å². The van der Waals surface area contributed by atoms with E-state index in [1.54, 1.807) is 4.90 Å². The van der Waals surface area contributed by atoms with Gasteiger partial charge in [-0.2, -0.15) is 0 Å². The Morgan fingerprint density at radius 3 is 2.55 bits per heavy atom. The third-order valence-corrected chi connectivity index (χ3v) is 7.70. The summed E-state index contributed by atoms with van der Waals surface area (Å²) in [5.41, 5.74) is 7.70. The zero-order valence-electron chi connectivity index (χ0n) is 22.9. The van der Waals surface area contributed by atoms with Gasteiger partial charge in [0.1, 0.15) is 0 Å². The zero-order valence-corrected chi connectivity index (χ0v) is 22.9. The first kappa shape index (κ1) is 25.9. The molecular weight excluding hydrogens is 474 g/mol. The summed E-state index contributed by atoms with van der Waals surface area (Å²) in [4.78, 5) is 39.7. The van der Waals surface area contributed by atoms with Gasteiger partial charge < -0.3 is 20.2 Å². The third kappa shape index (κ3) is 5.03. The van der Waals surface area contributed by atoms with Gasteiger partial charge in [0.15, 0.2) is 0 Å². The largest absolute Gasteiger partial charge is 0.361 e. The lowest BCUT2D eigenvalue weighted by atomic mass is 9.97. The molecule has 1 atom stereocenters. The average molecular weight is 512 g/mol. The lowest BCUT2D eigenvalue weighted by Gasteiger charge is -2.28. The minimum absolute atomic E-state index is 0.0927. The number of aromatic amines is 2. The fourth-order valence-corrected chi connectivity index (χ4v) is 5.55. The van der Waals surface area contributed by atoms with Gasteiger partial charge in [-0.25, -0.2) is 0 Å². The number of carbonyl (C=O) groups excluding carboxylic acids is 1. The second-order valence-corrected chi connectivity index (χ2v) is 10.9. The summed E-state index contributed by atoms with van der Waals surface area (Å²) in [7, 11) is 0. The van der Waals surface area contributed by atoms with Gasteiger partial charge in [-0.05, 0) is 95.0 Å². The lowest BCUT2D eigenvalue weighted by molar-refractivity contribution is 0.0691. The quantitative estimate of drug-likeness (QED) is 0.309. The minimum Gasteiger partial charge on any atom is -0.361 e. The number of aromatic nitrogens is 3.